The van der Waals surface area contributed by atoms with Crippen molar-refractivity contribution < 1.29 is 8.78 Å². The molecule has 0 amide bonds. The highest BCUT2D eigenvalue weighted by molar-refractivity contribution is 7.25. The first-order valence-corrected chi connectivity index (χ1v) is 17.3. The molecule has 0 aliphatic rings. The number of thiophene rings is 1. The van der Waals surface area contributed by atoms with Gasteiger partial charge in [-0.3, -0.25) is 0 Å². The molecule has 0 aliphatic carbocycles. The topological polar surface area (TPSA) is 6.48 Å². The van der Waals surface area contributed by atoms with Crippen molar-refractivity contribution in [2.24, 2.45) is 0 Å². The number of halogens is 3. The normalized spacial score (nSPS) is 11.5. The molecule has 0 spiro atoms. The second-order valence-electron chi connectivity index (χ2n) is 12.4. The van der Waals surface area contributed by atoms with Crippen LogP contribution >= 0.6 is 22.9 Å². The summed E-state index contributed by atoms with van der Waals surface area (Å²) in [5.74, 6) is -0.742. The maximum Gasteiger partial charge on any atom is 0.147 e. The Morgan fingerprint density at radius 2 is 1.08 bits per heavy atom. The summed E-state index contributed by atoms with van der Waals surface area (Å²) in [4.78, 5) is 3.82. The Labute approximate surface area is 293 Å². The molecule has 1 heterocycles. The molecule has 0 bridgehead atoms. The third-order valence-corrected chi connectivity index (χ3v) is 10.6. The van der Waals surface area contributed by atoms with E-state index in [9.17, 15) is 0 Å². The van der Waals surface area contributed by atoms with E-state index in [0.717, 1.165) is 54.3 Å². The van der Waals surface area contributed by atoms with Crippen molar-refractivity contribution in [3.05, 3.63) is 167 Å². The molecule has 0 radical (unpaired) electrons. The number of para-hydroxylation sites is 2. The van der Waals surface area contributed by atoms with Crippen molar-refractivity contribution >= 4 is 88.0 Å². The lowest BCUT2D eigenvalue weighted by Gasteiger charge is -2.33. The van der Waals surface area contributed by atoms with E-state index in [1.54, 1.807) is 23.5 Å². The lowest BCUT2D eigenvalue weighted by Crippen LogP contribution is -2.18. The average Bonchev–Trinajstić information content (AvgIpc) is 3.47. The first-order chi connectivity index (χ1) is 23.8. The van der Waals surface area contributed by atoms with Crippen LogP contribution in [0.25, 0.3) is 30.9 Å². The highest BCUT2D eigenvalue weighted by Crippen LogP contribution is 2.51. The monoisotopic (exact) mass is 680 g/mol. The highest BCUT2D eigenvalue weighted by atomic mass is 35.5. The molecule has 0 N–H and O–H groups in total. The smallest absolute Gasteiger partial charge is 0.147 e. The molecular formula is C43H31ClF2N2S. The van der Waals surface area contributed by atoms with Crippen LogP contribution in [0.4, 0.5) is 42.9 Å². The third-order valence-electron chi connectivity index (χ3n) is 9.11. The molecule has 0 unspecified atom stereocenters. The highest BCUT2D eigenvalue weighted by Gasteiger charge is 2.28. The fourth-order valence-electron chi connectivity index (χ4n) is 6.88. The van der Waals surface area contributed by atoms with Gasteiger partial charge >= 0.3 is 0 Å². The molecule has 0 fully saturated rings. The molecule has 2 nitrogen and oxygen atoms in total. The minimum absolute atomic E-state index is 0.360. The van der Waals surface area contributed by atoms with Crippen LogP contribution in [0.2, 0.25) is 5.02 Å². The van der Waals surface area contributed by atoms with E-state index in [4.69, 9.17) is 11.6 Å². The average molecular weight is 681 g/mol. The number of fused-ring (bicyclic) bond motifs is 4. The zero-order chi connectivity index (χ0) is 33.8. The van der Waals surface area contributed by atoms with E-state index >= 15 is 8.78 Å². The van der Waals surface area contributed by atoms with E-state index in [1.165, 1.54) is 16.8 Å². The molecule has 1 aromatic heterocycles. The number of hydrogen-bond acceptors (Lipinski definition) is 3. The molecule has 8 aromatic rings. The molecular weight excluding hydrogens is 650 g/mol. The lowest BCUT2D eigenvalue weighted by molar-refractivity contribution is 0.627. The molecule has 0 atom stereocenters. The largest absolute Gasteiger partial charge is 0.306 e. The molecule has 0 aliphatic heterocycles. The minimum atomic E-state index is -0.372. The molecule has 240 valence electrons. The first kappa shape index (κ1) is 31.1. The van der Waals surface area contributed by atoms with E-state index in [1.807, 2.05) is 116 Å². The Morgan fingerprint density at radius 1 is 0.510 bits per heavy atom. The Kier molecular flexibility index (Phi) is 7.82. The predicted octanol–water partition coefficient (Wildman–Crippen LogP) is 14.0. The van der Waals surface area contributed by atoms with Crippen LogP contribution in [0.1, 0.15) is 16.7 Å². The van der Waals surface area contributed by atoms with Crippen LogP contribution in [-0.2, 0) is 0 Å². The molecule has 49 heavy (non-hydrogen) atoms. The Morgan fingerprint density at radius 3 is 1.80 bits per heavy atom. The number of benzene rings is 7. The van der Waals surface area contributed by atoms with Crippen molar-refractivity contribution in [2.45, 2.75) is 20.8 Å². The Balaban J connectivity index is 1.44. The molecule has 0 saturated carbocycles. The molecule has 0 saturated heterocycles. The van der Waals surface area contributed by atoms with Gasteiger partial charge in [-0.1, -0.05) is 90.5 Å². The molecule has 7 aromatic carbocycles. The van der Waals surface area contributed by atoms with Gasteiger partial charge in [0.05, 0.1) is 33.5 Å². The van der Waals surface area contributed by atoms with Gasteiger partial charge in [0, 0.05) is 31.2 Å². The summed E-state index contributed by atoms with van der Waals surface area (Å²) in [7, 11) is 0. The fraction of sp³-hybridized carbons (Fsp3) is 0.0698. The van der Waals surface area contributed by atoms with Crippen molar-refractivity contribution in [1.29, 1.82) is 0 Å². The van der Waals surface area contributed by atoms with E-state index in [2.05, 4.69) is 24.3 Å². The Bertz CT molecular complexity index is 2510. The number of aryl methyl sites for hydroxylation is 3. The van der Waals surface area contributed by atoms with Crippen molar-refractivity contribution in [2.75, 3.05) is 9.80 Å². The van der Waals surface area contributed by atoms with Gasteiger partial charge in [-0.25, -0.2) is 8.78 Å². The van der Waals surface area contributed by atoms with Crippen LogP contribution in [0, 0.1) is 32.4 Å². The van der Waals surface area contributed by atoms with Crippen molar-refractivity contribution in [1.82, 2.24) is 0 Å². The van der Waals surface area contributed by atoms with Crippen LogP contribution < -0.4 is 9.80 Å². The summed E-state index contributed by atoms with van der Waals surface area (Å²) in [6, 6.07) is 42.7. The minimum Gasteiger partial charge on any atom is -0.306 e. The quantitative estimate of drug-likeness (QED) is 0.172. The predicted molar refractivity (Wildman–Crippen MR) is 205 cm³/mol. The van der Waals surface area contributed by atoms with Gasteiger partial charge in [-0.05, 0) is 97.4 Å². The van der Waals surface area contributed by atoms with Crippen LogP contribution in [0.3, 0.4) is 0 Å². The lowest BCUT2D eigenvalue weighted by atomic mass is 10.0. The maximum absolute atomic E-state index is 16.1. The van der Waals surface area contributed by atoms with Gasteiger partial charge in [-0.15, -0.1) is 11.3 Å². The van der Waals surface area contributed by atoms with Gasteiger partial charge in [-0.2, -0.15) is 0 Å². The van der Waals surface area contributed by atoms with E-state index in [-0.39, 0.29) is 11.6 Å². The summed E-state index contributed by atoms with van der Waals surface area (Å²) in [6.07, 6.45) is 0. The second-order valence-corrected chi connectivity index (χ2v) is 13.8. The van der Waals surface area contributed by atoms with Gasteiger partial charge in [0.25, 0.3) is 0 Å². The van der Waals surface area contributed by atoms with Crippen LogP contribution in [-0.4, -0.2) is 0 Å². The van der Waals surface area contributed by atoms with Gasteiger partial charge in [0.15, 0.2) is 0 Å². The number of nitrogens with zero attached hydrogens (tertiary/aromatic N) is 2. The number of rotatable bonds is 6. The number of anilines is 6. The van der Waals surface area contributed by atoms with Gasteiger partial charge in [0.2, 0.25) is 0 Å². The fourth-order valence-corrected chi connectivity index (χ4v) is 8.25. The van der Waals surface area contributed by atoms with Crippen LogP contribution in [0.5, 0.6) is 0 Å². The zero-order valence-electron chi connectivity index (χ0n) is 27.1. The molecule has 6 heteroatoms. The Hall–Kier alpha value is -5.23. The van der Waals surface area contributed by atoms with E-state index < -0.39 is 0 Å². The van der Waals surface area contributed by atoms with Crippen molar-refractivity contribution in [3.8, 4) is 0 Å². The summed E-state index contributed by atoms with van der Waals surface area (Å²) < 4.78 is 34.6. The van der Waals surface area contributed by atoms with E-state index in [0.29, 0.717) is 27.8 Å². The third kappa shape index (κ3) is 5.30. The standard InChI is InChI=1S/C43H31ClF2N2S/c1-26-23-37(47(42-27(2)11-8-17-34(42)45)30-21-22-40-33(25-30)32-16-6-7-20-39(32)49-40)41(44)38(24-26)48(43-28(3)12-9-18-35(43)46)36-19-10-14-29-13-4-5-15-31(29)36/h4-25H,1-3H3. The summed E-state index contributed by atoms with van der Waals surface area (Å²) >= 11 is 9.33. The van der Waals surface area contributed by atoms with Crippen LogP contribution in [0.15, 0.2) is 133 Å². The molecule has 8 rings (SSSR count). The zero-order valence-corrected chi connectivity index (χ0v) is 28.7. The van der Waals surface area contributed by atoms with Crippen molar-refractivity contribution in [3.63, 3.8) is 0 Å². The second kappa shape index (κ2) is 12.3. The van der Waals surface area contributed by atoms with Gasteiger partial charge in [0.1, 0.15) is 11.6 Å². The maximum atomic E-state index is 16.1. The summed E-state index contributed by atoms with van der Waals surface area (Å²) in [6.45, 7) is 5.79. The first-order valence-electron chi connectivity index (χ1n) is 16.1. The number of hydrogen-bond donors (Lipinski definition) is 0. The van der Waals surface area contributed by atoms with Gasteiger partial charge < -0.3 is 9.80 Å². The summed E-state index contributed by atoms with van der Waals surface area (Å²) in [5.41, 5.74) is 5.91. The SMILES string of the molecule is Cc1cc(N(c2ccc3sc4ccccc4c3c2)c2c(C)cccc2F)c(Cl)c(N(c2c(C)cccc2F)c2cccc3ccccc23)c1. The summed E-state index contributed by atoms with van der Waals surface area (Å²) in [5, 5.41) is 4.55.